The van der Waals surface area contributed by atoms with Crippen LogP contribution in [0.2, 0.25) is 0 Å². The first kappa shape index (κ1) is 18.7. The summed E-state index contributed by atoms with van der Waals surface area (Å²) in [6.07, 6.45) is 9.45. The predicted octanol–water partition coefficient (Wildman–Crippen LogP) is 4.96. The molecule has 6 heteroatoms. The highest BCUT2D eigenvalue weighted by atomic mass is 32.1. The Labute approximate surface area is 169 Å². The van der Waals surface area contributed by atoms with Crippen molar-refractivity contribution in [2.45, 2.75) is 45.1 Å². The fourth-order valence-electron chi connectivity index (χ4n) is 3.92. The Morgan fingerprint density at radius 2 is 1.79 bits per heavy atom. The van der Waals surface area contributed by atoms with Crippen molar-refractivity contribution in [2.75, 3.05) is 0 Å². The van der Waals surface area contributed by atoms with Crippen molar-refractivity contribution in [1.82, 2.24) is 20.3 Å². The van der Waals surface area contributed by atoms with Gasteiger partial charge in [0, 0.05) is 12.4 Å². The molecular formula is C22H24N4OS. The van der Waals surface area contributed by atoms with Crippen LogP contribution < -0.4 is 5.32 Å². The summed E-state index contributed by atoms with van der Waals surface area (Å²) >= 11 is 1.36. The van der Waals surface area contributed by atoms with E-state index in [9.17, 15) is 4.79 Å². The molecule has 0 aliphatic heterocycles. The maximum atomic E-state index is 13.2. The SMILES string of the molecule is Cc1nc(-c2ncccn2)sc1C(=O)NC(c1ccccc1)C1CCCCC1. The largest absolute Gasteiger partial charge is 0.344 e. The van der Waals surface area contributed by atoms with Crippen LogP contribution in [0.4, 0.5) is 0 Å². The molecule has 1 unspecified atom stereocenters. The monoisotopic (exact) mass is 392 g/mol. The van der Waals surface area contributed by atoms with Gasteiger partial charge in [-0.3, -0.25) is 4.79 Å². The van der Waals surface area contributed by atoms with Crippen LogP contribution in [0.1, 0.15) is 59.1 Å². The summed E-state index contributed by atoms with van der Waals surface area (Å²) < 4.78 is 0. The Hall–Kier alpha value is -2.60. The summed E-state index contributed by atoms with van der Waals surface area (Å²) in [5.41, 5.74) is 1.90. The van der Waals surface area contributed by atoms with E-state index in [-0.39, 0.29) is 11.9 Å². The van der Waals surface area contributed by atoms with E-state index in [0.29, 0.717) is 21.6 Å². The minimum absolute atomic E-state index is 0.0342. The molecule has 2 heterocycles. The van der Waals surface area contributed by atoms with Gasteiger partial charge in [-0.1, -0.05) is 49.6 Å². The number of nitrogens with one attached hydrogen (secondary N) is 1. The van der Waals surface area contributed by atoms with Crippen molar-refractivity contribution in [3.8, 4) is 10.8 Å². The molecule has 3 aromatic rings. The standard InChI is InChI=1S/C22H24N4OS/c1-15-19(28-22(25-15)20-23-13-8-14-24-20)21(27)26-18(16-9-4-2-5-10-16)17-11-6-3-7-12-17/h2,4-5,8-10,13-14,17-18H,3,6-7,11-12H2,1H3,(H,26,27). The lowest BCUT2D eigenvalue weighted by atomic mass is 9.81. The summed E-state index contributed by atoms with van der Waals surface area (Å²) in [7, 11) is 0. The normalized spacial score (nSPS) is 15.9. The molecule has 0 saturated heterocycles. The number of benzene rings is 1. The minimum atomic E-state index is -0.0587. The van der Waals surface area contributed by atoms with E-state index in [0.717, 1.165) is 18.5 Å². The fraction of sp³-hybridized carbons (Fsp3) is 0.364. The van der Waals surface area contributed by atoms with Crippen LogP contribution in [-0.4, -0.2) is 20.9 Å². The lowest BCUT2D eigenvalue weighted by Gasteiger charge is -2.31. The van der Waals surface area contributed by atoms with Gasteiger partial charge in [-0.2, -0.15) is 0 Å². The summed E-state index contributed by atoms with van der Waals surface area (Å²) in [4.78, 5) is 26.8. The third-order valence-corrected chi connectivity index (χ3v) is 6.48. The molecule has 1 fully saturated rings. The Bertz CT molecular complexity index is 920. The molecule has 1 aliphatic carbocycles. The zero-order valence-electron chi connectivity index (χ0n) is 16.0. The highest BCUT2D eigenvalue weighted by molar-refractivity contribution is 7.17. The third-order valence-electron chi connectivity index (χ3n) is 5.33. The Morgan fingerprint density at radius 3 is 2.50 bits per heavy atom. The van der Waals surface area contributed by atoms with Crippen LogP contribution in [0, 0.1) is 12.8 Å². The minimum Gasteiger partial charge on any atom is -0.344 e. The lowest BCUT2D eigenvalue weighted by Crippen LogP contribution is -2.34. The highest BCUT2D eigenvalue weighted by Gasteiger charge is 2.28. The molecule has 2 aromatic heterocycles. The number of thiazole rings is 1. The van der Waals surface area contributed by atoms with E-state index in [1.807, 2.05) is 25.1 Å². The number of carbonyl (C=O) groups is 1. The molecule has 1 aliphatic rings. The van der Waals surface area contributed by atoms with E-state index in [1.165, 1.54) is 36.2 Å². The summed E-state index contributed by atoms with van der Waals surface area (Å²) in [5, 5.41) is 3.99. The van der Waals surface area contributed by atoms with Crippen molar-refractivity contribution < 1.29 is 4.79 Å². The van der Waals surface area contributed by atoms with Gasteiger partial charge in [0.25, 0.3) is 5.91 Å². The van der Waals surface area contributed by atoms with Crippen LogP contribution in [0.25, 0.3) is 10.8 Å². The molecule has 0 bridgehead atoms. The van der Waals surface area contributed by atoms with Gasteiger partial charge in [-0.15, -0.1) is 11.3 Å². The van der Waals surface area contributed by atoms with Crippen LogP contribution in [0.5, 0.6) is 0 Å². The van der Waals surface area contributed by atoms with Gasteiger partial charge in [-0.25, -0.2) is 15.0 Å². The van der Waals surface area contributed by atoms with E-state index < -0.39 is 0 Å². The molecule has 4 rings (SSSR count). The van der Waals surface area contributed by atoms with Crippen LogP contribution >= 0.6 is 11.3 Å². The Balaban J connectivity index is 1.58. The topological polar surface area (TPSA) is 67.8 Å². The average molecular weight is 393 g/mol. The Kier molecular flexibility index (Phi) is 5.76. The molecule has 0 spiro atoms. The lowest BCUT2D eigenvalue weighted by molar-refractivity contribution is 0.0916. The second kappa shape index (κ2) is 8.61. The van der Waals surface area contributed by atoms with Gasteiger partial charge in [0.05, 0.1) is 11.7 Å². The van der Waals surface area contributed by atoms with Crippen LogP contribution in [0.3, 0.4) is 0 Å². The predicted molar refractivity (Wildman–Crippen MR) is 111 cm³/mol. The number of amides is 1. The maximum Gasteiger partial charge on any atom is 0.263 e. The molecule has 1 N–H and O–H groups in total. The first-order valence-electron chi connectivity index (χ1n) is 9.83. The van der Waals surface area contributed by atoms with Gasteiger partial charge >= 0.3 is 0 Å². The van der Waals surface area contributed by atoms with Crippen molar-refractivity contribution in [3.05, 3.63) is 64.9 Å². The molecule has 1 amide bonds. The smallest absolute Gasteiger partial charge is 0.263 e. The van der Waals surface area contributed by atoms with Gasteiger partial charge in [0.15, 0.2) is 10.8 Å². The summed E-state index contributed by atoms with van der Waals surface area (Å²) in [6, 6.07) is 12.1. The molecular weight excluding hydrogens is 368 g/mol. The molecule has 0 radical (unpaired) electrons. The number of rotatable bonds is 5. The summed E-state index contributed by atoms with van der Waals surface area (Å²) in [6.45, 7) is 1.87. The third kappa shape index (κ3) is 4.12. The van der Waals surface area contributed by atoms with Crippen LogP contribution in [0.15, 0.2) is 48.8 Å². The zero-order chi connectivity index (χ0) is 19.3. The van der Waals surface area contributed by atoms with Gasteiger partial charge in [0.1, 0.15) is 4.88 Å². The first-order chi connectivity index (χ1) is 13.7. The first-order valence-corrected chi connectivity index (χ1v) is 10.6. The Morgan fingerprint density at radius 1 is 1.07 bits per heavy atom. The zero-order valence-corrected chi connectivity index (χ0v) is 16.8. The molecule has 5 nitrogen and oxygen atoms in total. The number of aromatic nitrogens is 3. The van der Waals surface area contributed by atoms with Gasteiger partial charge in [0.2, 0.25) is 0 Å². The van der Waals surface area contributed by atoms with Crippen molar-refractivity contribution in [3.63, 3.8) is 0 Å². The van der Waals surface area contributed by atoms with E-state index in [2.05, 4.69) is 32.4 Å². The van der Waals surface area contributed by atoms with Gasteiger partial charge < -0.3 is 5.32 Å². The molecule has 1 atom stereocenters. The quantitative estimate of drug-likeness (QED) is 0.666. The fourth-order valence-corrected chi connectivity index (χ4v) is 4.84. The second-order valence-electron chi connectivity index (χ2n) is 7.27. The maximum absolute atomic E-state index is 13.2. The van der Waals surface area contributed by atoms with Crippen molar-refractivity contribution in [1.29, 1.82) is 0 Å². The number of aryl methyl sites for hydroxylation is 1. The van der Waals surface area contributed by atoms with Crippen molar-refractivity contribution >= 4 is 17.2 Å². The van der Waals surface area contributed by atoms with Gasteiger partial charge in [-0.05, 0) is 37.3 Å². The molecule has 1 aromatic carbocycles. The van der Waals surface area contributed by atoms with Crippen LogP contribution in [-0.2, 0) is 0 Å². The summed E-state index contributed by atoms with van der Waals surface area (Å²) in [5.74, 6) is 0.975. The number of nitrogens with zero attached hydrogens (tertiary/aromatic N) is 3. The second-order valence-corrected chi connectivity index (χ2v) is 8.26. The van der Waals surface area contributed by atoms with E-state index in [1.54, 1.807) is 18.5 Å². The average Bonchev–Trinajstić information content (AvgIpc) is 3.15. The highest BCUT2D eigenvalue weighted by Crippen LogP contribution is 2.35. The van der Waals surface area contributed by atoms with E-state index >= 15 is 0 Å². The molecule has 144 valence electrons. The van der Waals surface area contributed by atoms with Crippen molar-refractivity contribution in [2.24, 2.45) is 5.92 Å². The number of carbonyl (C=O) groups excluding carboxylic acids is 1. The van der Waals surface area contributed by atoms with E-state index in [4.69, 9.17) is 0 Å². The number of hydrogen-bond acceptors (Lipinski definition) is 5. The molecule has 28 heavy (non-hydrogen) atoms. The molecule has 1 saturated carbocycles. The number of hydrogen-bond donors (Lipinski definition) is 1.